The van der Waals surface area contributed by atoms with Gasteiger partial charge >= 0.3 is 6.09 Å². The molecule has 1 saturated heterocycles. The number of nitrogens with one attached hydrogen (secondary N) is 2. The summed E-state index contributed by atoms with van der Waals surface area (Å²) in [5.41, 5.74) is 2.05. The molecule has 1 aliphatic heterocycles. The summed E-state index contributed by atoms with van der Waals surface area (Å²) in [6.07, 6.45) is 2.05. The first kappa shape index (κ1) is 15.8. The number of hydrogen-bond donors (Lipinski definition) is 2. The Balaban J connectivity index is 1.98. The molecule has 0 bridgehead atoms. The smallest absolute Gasteiger partial charge is 0.407 e. The SMILES string of the molecule is CC(C)(C)OC(=O)NCc1ccccc1[C@@H]1CCCNC1. The molecule has 1 fully saturated rings. The van der Waals surface area contributed by atoms with Crippen molar-refractivity contribution in [1.29, 1.82) is 0 Å². The lowest BCUT2D eigenvalue weighted by Crippen LogP contribution is -2.33. The van der Waals surface area contributed by atoms with Crippen molar-refractivity contribution >= 4 is 6.09 Å². The summed E-state index contributed by atoms with van der Waals surface area (Å²) in [6, 6.07) is 8.35. The van der Waals surface area contributed by atoms with Crippen LogP contribution in [0.25, 0.3) is 0 Å². The van der Waals surface area contributed by atoms with Crippen LogP contribution in [-0.2, 0) is 11.3 Å². The van der Waals surface area contributed by atoms with Gasteiger partial charge in [0.25, 0.3) is 0 Å². The quantitative estimate of drug-likeness (QED) is 0.899. The van der Waals surface area contributed by atoms with Crippen LogP contribution in [0.3, 0.4) is 0 Å². The van der Waals surface area contributed by atoms with Crippen molar-refractivity contribution < 1.29 is 9.53 Å². The first-order valence-corrected chi connectivity index (χ1v) is 7.71. The number of rotatable bonds is 3. The minimum absolute atomic E-state index is 0.362. The van der Waals surface area contributed by atoms with Crippen LogP contribution in [-0.4, -0.2) is 24.8 Å². The number of alkyl carbamates (subject to hydrolysis) is 1. The zero-order valence-corrected chi connectivity index (χ0v) is 13.2. The normalized spacial score (nSPS) is 19.1. The average molecular weight is 290 g/mol. The van der Waals surface area contributed by atoms with Crippen LogP contribution in [0, 0.1) is 0 Å². The lowest BCUT2D eigenvalue weighted by Gasteiger charge is -2.25. The van der Waals surface area contributed by atoms with E-state index in [-0.39, 0.29) is 6.09 Å². The van der Waals surface area contributed by atoms with Crippen molar-refractivity contribution in [2.45, 2.75) is 51.7 Å². The van der Waals surface area contributed by atoms with Crippen molar-refractivity contribution in [1.82, 2.24) is 10.6 Å². The lowest BCUT2D eigenvalue weighted by atomic mass is 9.88. The van der Waals surface area contributed by atoms with Gasteiger partial charge in [0.05, 0.1) is 0 Å². The maximum atomic E-state index is 11.8. The number of amides is 1. The third-order valence-corrected chi connectivity index (χ3v) is 3.61. The first-order chi connectivity index (χ1) is 9.96. The van der Waals surface area contributed by atoms with Crippen LogP contribution in [0.5, 0.6) is 0 Å². The molecule has 2 rings (SSSR count). The van der Waals surface area contributed by atoms with Gasteiger partial charge < -0.3 is 15.4 Å². The van der Waals surface area contributed by atoms with Crippen LogP contribution < -0.4 is 10.6 Å². The van der Waals surface area contributed by atoms with Crippen molar-refractivity contribution in [2.24, 2.45) is 0 Å². The third kappa shape index (κ3) is 5.05. The van der Waals surface area contributed by atoms with E-state index in [1.54, 1.807) is 0 Å². The second-order valence-electron chi connectivity index (χ2n) is 6.60. The van der Waals surface area contributed by atoms with E-state index in [2.05, 4.69) is 28.8 Å². The monoisotopic (exact) mass is 290 g/mol. The van der Waals surface area contributed by atoms with Crippen LogP contribution in [0.15, 0.2) is 24.3 Å². The molecule has 1 amide bonds. The van der Waals surface area contributed by atoms with Gasteiger partial charge in [-0.25, -0.2) is 4.79 Å². The number of hydrogen-bond acceptors (Lipinski definition) is 3. The molecule has 0 spiro atoms. The maximum Gasteiger partial charge on any atom is 0.407 e. The van der Waals surface area contributed by atoms with E-state index in [0.29, 0.717) is 12.5 Å². The fourth-order valence-corrected chi connectivity index (χ4v) is 2.69. The number of carbonyl (C=O) groups excluding carboxylic acids is 1. The van der Waals surface area contributed by atoms with Crippen LogP contribution in [0.4, 0.5) is 4.79 Å². The molecule has 0 saturated carbocycles. The molecule has 1 aliphatic rings. The van der Waals surface area contributed by atoms with Gasteiger partial charge in [-0.3, -0.25) is 0 Å². The van der Waals surface area contributed by atoms with Crippen LogP contribution in [0.1, 0.15) is 50.7 Å². The summed E-state index contributed by atoms with van der Waals surface area (Å²) >= 11 is 0. The van der Waals surface area contributed by atoms with E-state index in [9.17, 15) is 4.79 Å². The summed E-state index contributed by atoms with van der Waals surface area (Å²) < 4.78 is 5.28. The molecule has 2 N–H and O–H groups in total. The third-order valence-electron chi connectivity index (χ3n) is 3.61. The highest BCUT2D eigenvalue weighted by Crippen LogP contribution is 2.26. The summed E-state index contributed by atoms with van der Waals surface area (Å²) in [5, 5.41) is 6.30. The molecule has 4 heteroatoms. The number of carbonyl (C=O) groups is 1. The minimum Gasteiger partial charge on any atom is -0.444 e. The zero-order valence-electron chi connectivity index (χ0n) is 13.2. The molecule has 4 nitrogen and oxygen atoms in total. The van der Waals surface area contributed by atoms with Gasteiger partial charge in [-0.2, -0.15) is 0 Å². The highest BCUT2D eigenvalue weighted by atomic mass is 16.6. The van der Waals surface area contributed by atoms with E-state index in [4.69, 9.17) is 4.74 Å². The van der Waals surface area contributed by atoms with Gasteiger partial charge in [0, 0.05) is 13.1 Å². The van der Waals surface area contributed by atoms with Crippen molar-refractivity contribution in [3.05, 3.63) is 35.4 Å². The van der Waals surface area contributed by atoms with E-state index in [0.717, 1.165) is 13.1 Å². The Hall–Kier alpha value is -1.55. The van der Waals surface area contributed by atoms with E-state index in [1.165, 1.54) is 24.0 Å². The molecular formula is C17H26N2O2. The van der Waals surface area contributed by atoms with Crippen LogP contribution in [0.2, 0.25) is 0 Å². The lowest BCUT2D eigenvalue weighted by molar-refractivity contribution is 0.0523. The number of ether oxygens (including phenoxy) is 1. The maximum absolute atomic E-state index is 11.8. The number of benzene rings is 1. The molecule has 1 atom stereocenters. The predicted octanol–water partition coefficient (Wildman–Crippen LogP) is 3.18. The van der Waals surface area contributed by atoms with Crippen molar-refractivity contribution in [3.8, 4) is 0 Å². The second-order valence-corrected chi connectivity index (χ2v) is 6.60. The summed E-state index contributed by atoms with van der Waals surface area (Å²) in [6.45, 7) is 8.25. The molecule has 116 valence electrons. The molecule has 1 heterocycles. The molecule has 1 aromatic carbocycles. The Morgan fingerprint density at radius 2 is 2.14 bits per heavy atom. The largest absolute Gasteiger partial charge is 0.444 e. The highest BCUT2D eigenvalue weighted by molar-refractivity contribution is 5.67. The summed E-state index contributed by atoms with van der Waals surface area (Å²) in [5.74, 6) is 0.537. The highest BCUT2D eigenvalue weighted by Gasteiger charge is 2.19. The zero-order chi connectivity index (χ0) is 15.3. The van der Waals surface area contributed by atoms with E-state index >= 15 is 0 Å². The van der Waals surface area contributed by atoms with E-state index < -0.39 is 5.60 Å². The first-order valence-electron chi connectivity index (χ1n) is 7.71. The van der Waals surface area contributed by atoms with Gasteiger partial charge in [-0.15, -0.1) is 0 Å². The van der Waals surface area contributed by atoms with Crippen LogP contribution >= 0.6 is 0 Å². The van der Waals surface area contributed by atoms with Gasteiger partial charge in [-0.1, -0.05) is 24.3 Å². The topological polar surface area (TPSA) is 50.4 Å². The Morgan fingerprint density at radius 3 is 2.81 bits per heavy atom. The Labute approximate surface area is 127 Å². The van der Waals surface area contributed by atoms with Gasteiger partial charge in [0.1, 0.15) is 5.60 Å². The van der Waals surface area contributed by atoms with Gasteiger partial charge in [0.15, 0.2) is 0 Å². The van der Waals surface area contributed by atoms with E-state index in [1.807, 2.05) is 26.8 Å². The molecular weight excluding hydrogens is 264 g/mol. The average Bonchev–Trinajstić information content (AvgIpc) is 2.45. The fraction of sp³-hybridized carbons (Fsp3) is 0.588. The standard InChI is InChI=1S/C17H26N2O2/c1-17(2,3)21-16(20)19-12-14-7-4-5-9-15(14)13-8-6-10-18-11-13/h4-5,7,9,13,18H,6,8,10-12H2,1-3H3,(H,19,20)/t13-/m1/s1. The molecule has 0 aliphatic carbocycles. The van der Waals surface area contributed by atoms with Crippen molar-refractivity contribution in [2.75, 3.05) is 13.1 Å². The summed E-state index contributed by atoms with van der Waals surface area (Å²) in [7, 11) is 0. The predicted molar refractivity (Wildman–Crippen MR) is 84.4 cm³/mol. The number of piperidine rings is 1. The minimum atomic E-state index is -0.461. The van der Waals surface area contributed by atoms with Crippen molar-refractivity contribution in [3.63, 3.8) is 0 Å². The molecule has 0 aromatic heterocycles. The molecule has 0 unspecified atom stereocenters. The molecule has 21 heavy (non-hydrogen) atoms. The molecule has 1 aromatic rings. The Morgan fingerprint density at radius 1 is 1.38 bits per heavy atom. The second kappa shape index (κ2) is 6.94. The van der Waals surface area contributed by atoms with Gasteiger partial charge in [-0.05, 0) is 57.2 Å². The summed E-state index contributed by atoms with van der Waals surface area (Å²) in [4.78, 5) is 11.8. The molecule has 0 radical (unpaired) electrons. The Bertz CT molecular complexity index is 474. The van der Waals surface area contributed by atoms with Gasteiger partial charge in [0.2, 0.25) is 0 Å². The Kier molecular flexibility index (Phi) is 5.23. The fourth-order valence-electron chi connectivity index (χ4n) is 2.69.